The molecule has 20 heavy (non-hydrogen) atoms. The van der Waals surface area contributed by atoms with E-state index in [0.717, 1.165) is 12.1 Å². The Hall–Kier alpha value is -1.25. The van der Waals surface area contributed by atoms with E-state index in [1.54, 1.807) is 4.90 Å². The molecule has 1 fully saturated rings. The van der Waals surface area contributed by atoms with Gasteiger partial charge in [0, 0.05) is 24.7 Å². The van der Waals surface area contributed by atoms with Crippen molar-refractivity contribution >= 4 is 27.3 Å². The molecule has 1 saturated heterocycles. The second-order valence-electron chi connectivity index (χ2n) is 4.65. The van der Waals surface area contributed by atoms with Gasteiger partial charge in [0.05, 0.1) is 28.7 Å². The Morgan fingerprint density at radius 2 is 2.35 bits per heavy atom. The highest BCUT2D eigenvalue weighted by atomic mass is 79.9. The third-order valence-electron chi connectivity index (χ3n) is 3.23. The molecule has 8 heteroatoms. The molecule has 2 rings (SSSR count). The topological polar surface area (TPSA) is 75.8 Å². The third kappa shape index (κ3) is 2.92. The van der Waals surface area contributed by atoms with Gasteiger partial charge in [-0.2, -0.15) is 0 Å². The summed E-state index contributed by atoms with van der Waals surface area (Å²) in [4.78, 5) is 12.3. The molecular formula is C12H14BrFN2O4. The van der Waals surface area contributed by atoms with Crippen LogP contribution in [-0.4, -0.2) is 41.9 Å². The van der Waals surface area contributed by atoms with Crippen LogP contribution in [0.2, 0.25) is 0 Å². The highest BCUT2D eigenvalue weighted by molar-refractivity contribution is 9.10. The lowest BCUT2D eigenvalue weighted by molar-refractivity contribution is -0.384. The molecule has 1 aromatic rings. The smallest absolute Gasteiger partial charge is 0.293 e. The van der Waals surface area contributed by atoms with Crippen molar-refractivity contribution in [3.05, 3.63) is 32.5 Å². The van der Waals surface area contributed by atoms with E-state index < -0.39 is 16.8 Å². The van der Waals surface area contributed by atoms with Crippen LogP contribution in [-0.2, 0) is 4.74 Å². The van der Waals surface area contributed by atoms with E-state index in [2.05, 4.69) is 15.9 Å². The van der Waals surface area contributed by atoms with E-state index in [9.17, 15) is 14.5 Å². The van der Waals surface area contributed by atoms with Crippen molar-refractivity contribution in [2.45, 2.75) is 19.1 Å². The molecule has 1 aliphatic rings. The van der Waals surface area contributed by atoms with Crippen LogP contribution < -0.4 is 4.90 Å². The average molecular weight is 349 g/mol. The molecule has 6 nitrogen and oxygen atoms in total. The number of rotatable bonds is 3. The van der Waals surface area contributed by atoms with E-state index in [0.29, 0.717) is 6.61 Å². The first-order valence-electron chi connectivity index (χ1n) is 6.06. The van der Waals surface area contributed by atoms with E-state index in [1.165, 1.54) is 0 Å². The zero-order valence-corrected chi connectivity index (χ0v) is 12.3. The second kappa shape index (κ2) is 6.02. The number of nitrogens with zero attached hydrogens (tertiary/aromatic N) is 2. The van der Waals surface area contributed by atoms with Crippen molar-refractivity contribution in [3.63, 3.8) is 0 Å². The molecule has 0 bridgehead atoms. The maximum atomic E-state index is 13.7. The lowest BCUT2D eigenvalue weighted by Crippen LogP contribution is -2.49. The highest BCUT2D eigenvalue weighted by Gasteiger charge is 2.31. The van der Waals surface area contributed by atoms with Crippen molar-refractivity contribution in [1.82, 2.24) is 0 Å². The number of benzene rings is 1. The normalized spacial score (nSPS) is 22.9. The number of aliphatic hydroxyl groups is 1. The van der Waals surface area contributed by atoms with Gasteiger partial charge in [0.1, 0.15) is 11.5 Å². The fourth-order valence-corrected chi connectivity index (χ4v) is 2.50. The number of anilines is 1. The monoisotopic (exact) mass is 348 g/mol. The molecule has 1 aliphatic heterocycles. The van der Waals surface area contributed by atoms with Gasteiger partial charge in [-0.1, -0.05) is 0 Å². The number of nitro groups is 1. The summed E-state index contributed by atoms with van der Waals surface area (Å²) in [7, 11) is 0. The summed E-state index contributed by atoms with van der Waals surface area (Å²) in [5.74, 6) is -0.565. The van der Waals surface area contributed by atoms with Crippen LogP contribution in [0.25, 0.3) is 0 Å². The maximum absolute atomic E-state index is 13.7. The van der Waals surface area contributed by atoms with Gasteiger partial charge in [-0.15, -0.1) is 0 Å². The standard InChI is InChI=1S/C12H14BrFN2O4/c1-7-6-20-8(5-17)4-15(7)11-3-10(14)9(13)2-12(11)16(18)19/h2-3,7-8,17H,4-6H2,1H3. The van der Waals surface area contributed by atoms with Gasteiger partial charge in [0.2, 0.25) is 0 Å². The number of nitro benzene ring substituents is 1. The highest BCUT2D eigenvalue weighted by Crippen LogP contribution is 2.35. The number of ether oxygens (including phenoxy) is 1. The van der Waals surface area contributed by atoms with Crippen molar-refractivity contribution in [2.75, 3.05) is 24.7 Å². The van der Waals surface area contributed by atoms with E-state index >= 15 is 0 Å². The van der Waals surface area contributed by atoms with Crippen molar-refractivity contribution in [3.8, 4) is 0 Å². The summed E-state index contributed by atoms with van der Waals surface area (Å²) < 4.78 is 19.1. The Bertz CT molecular complexity index is 528. The number of halogens is 2. The number of morpholine rings is 1. The van der Waals surface area contributed by atoms with E-state index in [-0.39, 0.29) is 35.0 Å². The second-order valence-corrected chi connectivity index (χ2v) is 5.51. The van der Waals surface area contributed by atoms with Gasteiger partial charge >= 0.3 is 0 Å². The van der Waals surface area contributed by atoms with Gasteiger partial charge in [-0.3, -0.25) is 10.1 Å². The molecule has 2 unspecified atom stereocenters. The van der Waals surface area contributed by atoms with Crippen molar-refractivity contribution in [1.29, 1.82) is 0 Å². The van der Waals surface area contributed by atoms with Crippen LogP contribution in [0, 0.1) is 15.9 Å². The minimum absolute atomic E-state index is 0.0487. The zero-order valence-electron chi connectivity index (χ0n) is 10.8. The molecule has 0 spiro atoms. The molecule has 2 atom stereocenters. The lowest BCUT2D eigenvalue weighted by atomic mass is 10.1. The van der Waals surface area contributed by atoms with Crippen LogP contribution in [0.3, 0.4) is 0 Å². The lowest BCUT2D eigenvalue weighted by Gasteiger charge is -2.38. The molecule has 110 valence electrons. The van der Waals surface area contributed by atoms with Gasteiger partial charge < -0.3 is 14.7 Å². The summed E-state index contributed by atoms with van der Waals surface area (Å²) >= 11 is 2.95. The largest absolute Gasteiger partial charge is 0.394 e. The molecule has 0 saturated carbocycles. The molecule has 0 radical (unpaired) electrons. The summed E-state index contributed by atoms with van der Waals surface area (Å²) in [6.07, 6.45) is -0.433. The molecule has 1 heterocycles. The predicted octanol–water partition coefficient (Wildman–Crippen LogP) is 2.08. The van der Waals surface area contributed by atoms with Gasteiger partial charge in [-0.05, 0) is 22.9 Å². The van der Waals surface area contributed by atoms with Crippen molar-refractivity contribution in [2.24, 2.45) is 0 Å². The summed E-state index contributed by atoms with van der Waals surface area (Å²) in [5.41, 5.74) is 0.0219. The van der Waals surface area contributed by atoms with Crippen LogP contribution in [0.15, 0.2) is 16.6 Å². The minimum atomic E-state index is -0.565. The fraction of sp³-hybridized carbons (Fsp3) is 0.500. The van der Waals surface area contributed by atoms with Crippen LogP contribution >= 0.6 is 15.9 Å². The summed E-state index contributed by atoms with van der Waals surface area (Å²) in [6.45, 7) is 2.24. The first-order chi connectivity index (χ1) is 9.43. The third-order valence-corrected chi connectivity index (χ3v) is 3.84. The SMILES string of the molecule is CC1COC(CO)CN1c1cc(F)c(Br)cc1[N+](=O)[O-]. The predicted molar refractivity (Wildman–Crippen MR) is 74.4 cm³/mol. The molecule has 1 N–H and O–H groups in total. The quantitative estimate of drug-likeness (QED) is 0.668. The van der Waals surface area contributed by atoms with Gasteiger partial charge in [0.25, 0.3) is 5.69 Å². The Balaban J connectivity index is 2.44. The van der Waals surface area contributed by atoms with Crippen molar-refractivity contribution < 1.29 is 19.2 Å². The van der Waals surface area contributed by atoms with Crippen LogP contribution in [0.1, 0.15) is 6.92 Å². The van der Waals surface area contributed by atoms with E-state index in [4.69, 9.17) is 9.84 Å². The fourth-order valence-electron chi connectivity index (χ4n) is 2.17. The maximum Gasteiger partial charge on any atom is 0.293 e. The van der Waals surface area contributed by atoms with Crippen LogP contribution in [0.4, 0.5) is 15.8 Å². The zero-order chi connectivity index (χ0) is 14.9. The Morgan fingerprint density at radius 1 is 1.65 bits per heavy atom. The first kappa shape index (κ1) is 15.1. The first-order valence-corrected chi connectivity index (χ1v) is 6.86. The van der Waals surface area contributed by atoms with Gasteiger partial charge in [-0.25, -0.2) is 4.39 Å². The Labute approximate surface area is 123 Å². The number of hydrogen-bond acceptors (Lipinski definition) is 5. The summed E-state index contributed by atoms with van der Waals surface area (Å²) in [6, 6.07) is 2.15. The molecular weight excluding hydrogens is 335 g/mol. The van der Waals surface area contributed by atoms with Gasteiger partial charge in [0.15, 0.2) is 0 Å². The number of hydrogen-bond donors (Lipinski definition) is 1. The molecule has 0 aliphatic carbocycles. The molecule has 0 aromatic heterocycles. The Kier molecular flexibility index (Phi) is 4.56. The van der Waals surface area contributed by atoms with Crippen LogP contribution in [0.5, 0.6) is 0 Å². The Morgan fingerprint density at radius 3 is 2.95 bits per heavy atom. The number of aliphatic hydroxyl groups excluding tert-OH is 1. The van der Waals surface area contributed by atoms with E-state index in [1.807, 2.05) is 6.92 Å². The molecule has 1 aromatic carbocycles. The minimum Gasteiger partial charge on any atom is -0.394 e. The average Bonchev–Trinajstić information content (AvgIpc) is 2.42. The molecule has 0 amide bonds. The summed E-state index contributed by atoms with van der Waals surface area (Å²) in [5, 5.41) is 20.3.